The largest absolute Gasteiger partial charge is 0.356 e. The summed E-state index contributed by atoms with van der Waals surface area (Å²) in [6, 6.07) is 13.0. The molecule has 0 aromatic heterocycles. The fourth-order valence-electron chi connectivity index (χ4n) is 2.19. The number of hydrogen-bond donors (Lipinski definition) is 2. The molecule has 2 aromatic rings. The van der Waals surface area contributed by atoms with Crippen molar-refractivity contribution in [3.63, 3.8) is 0 Å². The van der Waals surface area contributed by atoms with E-state index in [0.717, 1.165) is 0 Å². The van der Waals surface area contributed by atoms with Crippen LogP contribution in [-0.2, 0) is 17.8 Å². The monoisotopic (exact) mass is 318 g/mol. The van der Waals surface area contributed by atoms with Crippen LogP contribution in [0, 0.1) is 11.6 Å². The van der Waals surface area contributed by atoms with Crippen LogP contribution in [0.15, 0.2) is 48.5 Å². The van der Waals surface area contributed by atoms with Crippen molar-refractivity contribution in [3.8, 4) is 0 Å². The molecular formula is C18H20F2N2O. The summed E-state index contributed by atoms with van der Waals surface area (Å²) < 4.78 is 26.8. The fraction of sp³-hybridized carbons (Fsp3) is 0.278. The summed E-state index contributed by atoms with van der Waals surface area (Å²) in [6.45, 7) is 1.24. The first-order valence-corrected chi connectivity index (χ1v) is 7.61. The molecule has 0 aliphatic heterocycles. The van der Waals surface area contributed by atoms with Crippen molar-refractivity contribution in [2.45, 2.75) is 19.4 Å². The van der Waals surface area contributed by atoms with Gasteiger partial charge in [0.1, 0.15) is 11.6 Å². The first-order chi connectivity index (χ1) is 11.2. The van der Waals surface area contributed by atoms with Gasteiger partial charge in [-0.05, 0) is 24.1 Å². The SMILES string of the molecule is O=C(CCNCc1ccccc1F)NCCc1ccccc1F. The van der Waals surface area contributed by atoms with Crippen LogP contribution >= 0.6 is 0 Å². The van der Waals surface area contributed by atoms with Gasteiger partial charge < -0.3 is 10.6 Å². The summed E-state index contributed by atoms with van der Waals surface area (Å²) in [7, 11) is 0. The number of carbonyl (C=O) groups excluding carboxylic acids is 1. The topological polar surface area (TPSA) is 41.1 Å². The van der Waals surface area contributed by atoms with Crippen molar-refractivity contribution in [1.82, 2.24) is 10.6 Å². The molecule has 2 rings (SSSR count). The summed E-state index contributed by atoms with van der Waals surface area (Å²) in [5.74, 6) is -0.620. The van der Waals surface area contributed by atoms with E-state index >= 15 is 0 Å². The van der Waals surface area contributed by atoms with Crippen molar-refractivity contribution in [1.29, 1.82) is 0 Å². The van der Waals surface area contributed by atoms with Gasteiger partial charge in [-0.1, -0.05) is 36.4 Å². The molecule has 1 amide bonds. The normalized spacial score (nSPS) is 10.5. The summed E-state index contributed by atoms with van der Waals surface area (Å²) in [6.07, 6.45) is 0.757. The van der Waals surface area contributed by atoms with E-state index in [9.17, 15) is 13.6 Å². The summed E-state index contributed by atoms with van der Waals surface area (Å²) >= 11 is 0. The predicted octanol–water partition coefficient (Wildman–Crippen LogP) is 2.80. The Hall–Kier alpha value is -2.27. The van der Waals surface area contributed by atoms with E-state index in [1.807, 2.05) is 0 Å². The van der Waals surface area contributed by atoms with E-state index < -0.39 is 0 Å². The van der Waals surface area contributed by atoms with Crippen LogP contribution in [0.5, 0.6) is 0 Å². The van der Waals surface area contributed by atoms with Gasteiger partial charge in [0.15, 0.2) is 0 Å². The first-order valence-electron chi connectivity index (χ1n) is 7.61. The maximum atomic E-state index is 13.4. The van der Waals surface area contributed by atoms with Crippen molar-refractivity contribution >= 4 is 5.91 Å². The zero-order chi connectivity index (χ0) is 16.5. The molecule has 0 saturated heterocycles. The Morgan fingerprint density at radius 3 is 2.13 bits per heavy atom. The Balaban J connectivity index is 1.60. The van der Waals surface area contributed by atoms with E-state index in [4.69, 9.17) is 0 Å². The van der Waals surface area contributed by atoms with E-state index in [1.165, 1.54) is 12.1 Å². The average Bonchev–Trinajstić information content (AvgIpc) is 2.55. The molecule has 23 heavy (non-hydrogen) atoms. The summed E-state index contributed by atoms with van der Waals surface area (Å²) in [4.78, 5) is 11.7. The van der Waals surface area contributed by atoms with Gasteiger partial charge in [-0.25, -0.2) is 8.78 Å². The minimum atomic E-state index is -0.256. The number of rotatable bonds is 8. The first kappa shape index (κ1) is 17.1. The lowest BCUT2D eigenvalue weighted by Crippen LogP contribution is -2.29. The van der Waals surface area contributed by atoms with Gasteiger partial charge in [0.25, 0.3) is 0 Å². The molecule has 2 N–H and O–H groups in total. The molecule has 3 nitrogen and oxygen atoms in total. The molecule has 0 aliphatic rings. The Bertz CT molecular complexity index is 646. The van der Waals surface area contributed by atoms with E-state index in [0.29, 0.717) is 43.6 Å². The number of carbonyl (C=O) groups is 1. The smallest absolute Gasteiger partial charge is 0.221 e. The Morgan fingerprint density at radius 2 is 1.48 bits per heavy atom. The molecule has 0 atom stereocenters. The number of nitrogens with one attached hydrogen (secondary N) is 2. The maximum absolute atomic E-state index is 13.4. The lowest BCUT2D eigenvalue weighted by molar-refractivity contribution is -0.120. The second kappa shape index (κ2) is 9.00. The number of halogens is 2. The second-order valence-corrected chi connectivity index (χ2v) is 5.21. The van der Waals surface area contributed by atoms with Gasteiger partial charge in [0, 0.05) is 31.6 Å². The second-order valence-electron chi connectivity index (χ2n) is 5.21. The molecule has 0 spiro atoms. The van der Waals surface area contributed by atoms with Gasteiger partial charge in [0.2, 0.25) is 5.91 Å². The molecule has 122 valence electrons. The van der Waals surface area contributed by atoms with Crippen LogP contribution in [0.4, 0.5) is 8.78 Å². The highest BCUT2D eigenvalue weighted by Gasteiger charge is 2.04. The third kappa shape index (κ3) is 5.79. The van der Waals surface area contributed by atoms with Crippen LogP contribution in [0.1, 0.15) is 17.5 Å². The number of hydrogen-bond acceptors (Lipinski definition) is 2. The van der Waals surface area contributed by atoms with Crippen LogP contribution in [0.3, 0.4) is 0 Å². The minimum absolute atomic E-state index is 0.109. The Morgan fingerprint density at radius 1 is 0.870 bits per heavy atom. The standard InChI is InChI=1S/C18H20F2N2O/c19-16-7-3-1-5-14(16)9-12-22-18(23)10-11-21-13-15-6-2-4-8-17(15)20/h1-8,21H,9-13H2,(H,22,23). The highest BCUT2D eigenvalue weighted by molar-refractivity contribution is 5.76. The number of benzene rings is 2. The summed E-state index contributed by atoms with van der Waals surface area (Å²) in [5, 5.41) is 5.78. The van der Waals surface area contributed by atoms with Crippen molar-refractivity contribution in [2.24, 2.45) is 0 Å². The quantitative estimate of drug-likeness (QED) is 0.735. The average molecular weight is 318 g/mol. The maximum Gasteiger partial charge on any atom is 0.221 e. The van der Waals surface area contributed by atoms with E-state index in [1.54, 1.807) is 36.4 Å². The van der Waals surface area contributed by atoms with Gasteiger partial charge in [-0.2, -0.15) is 0 Å². The van der Waals surface area contributed by atoms with Gasteiger partial charge >= 0.3 is 0 Å². The van der Waals surface area contributed by atoms with Crippen LogP contribution in [0.2, 0.25) is 0 Å². The van der Waals surface area contributed by atoms with Gasteiger partial charge in [-0.3, -0.25) is 4.79 Å². The molecule has 0 fully saturated rings. The third-order valence-corrected chi connectivity index (χ3v) is 3.48. The third-order valence-electron chi connectivity index (χ3n) is 3.48. The molecule has 0 heterocycles. The lowest BCUT2D eigenvalue weighted by Gasteiger charge is -2.08. The highest BCUT2D eigenvalue weighted by Crippen LogP contribution is 2.06. The predicted molar refractivity (Wildman–Crippen MR) is 85.8 cm³/mol. The molecular weight excluding hydrogens is 298 g/mol. The zero-order valence-corrected chi connectivity index (χ0v) is 12.8. The molecule has 0 aliphatic carbocycles. The Kier molecular flexibility index (Phi) is 6.69. The van der Waals surface area contributed by atoms with Crippen LogP contribution < -0.4 is 10.6 Å². The van der Waals surface area contributed by atoms with Crippen molar-refractivity contribution in [3.05, 3.63) is 71.3 Å². The molecule has 0 saturated carbocycles. The van der Waals surface area contributed by atoms with Crippen LogP contribution in [-0.4, -0.2) is 19.0 Å². The fourth-order valence-corrected chi connectivity index (χ4v) is 2.19. The van der Waals surface area contributed by atoms with Crippen molar-refractivity contribution < 1.29 is 13.6 Å². The van der Waals surface area contributed by atoms with Gasteiger partial charge in [0.05, 0.1) is 0 Å². The van der Waals surface area contributed by atoms with Crippen molar-refractivity contribution in [2.75, 3.05) is 13.1 Å². The molecule has 2 aromatic carbocycles. The van der Waals surface area contributed by atoms with E-state index in [2.05, 4.69) is 10.6 Å². The highest BCUT2D eigenvalue weighted by atomic mass is 19.1. The lowest BCUT2D eigenvalue weighted by atomic mass is 10.1. The zero-order valence-electron chi connectivity index (χ0n) is 12.8. The molecule has 0 radical (unpaired) electrons. The molecule has 0 unspecified atom stereocenters. The van der Waals surface area contributed by atoms with Crippen LogP contribution in [0.25, 0.3) is 0 Å². The molecule has 5 heteroatoms. The Labute approximate surface area is 134 Å². The molecule has 0 bridgehead atoms. The minimum Gasteiger partial charge on any atom is -0.356 e. The van der Waals surface area contributed by atoms with Gasteiger partial charge in [-0.15, -0.1) is 0 Å². The number of amides is 1. The summed E-state index contributed by atoms with van der Waals surface area (Å²) in [5.41, 5.74) is 1.16. The van der Waals surface area contributed by atoms with E-state index in [-0.39, 0.29) is 17.5 Å².